The van der Waals surface area contributed by atoms with Gasteiger partial charge in [-0.1, -0.05) is 45.4 Å². The van der Waals surface area contributed by atoms with Gasteiger partial charge in [-0.05, 0) is 61.9 Å². The highest BCUT2D eigenvalue weighted by Gasteiger charge is 2.58. The Morgan fingerprint density at radius 3 is 2.83 bits per heavy atom. The molecule has 0 aromatic carbocycles. The summed E-state index contributed by atoms with van der Waals surface area (Å²) >= 11 is 0. The molecule has 0 saturated heterocycles. The van der Waals surface area contributed by atoms with Gasteiger partial charge in [0.05, 0.1) is 24.5 Å². The van der Waals surface area contributed by atoms with Crippen LogP contribution in [0.25, 0.3) is 0 Å². The molecule has 1 heterocycles. The molecule has 0 aromatic heterocycles. The van der Waals surface area contributed by atoms with E-state index in [1.807, 2.05) is 6.08 Å². The molecule has 0 aromatic rings. The second-order valence-corrected chi connectivity index (χ2v) is 9.74. The maximum Gasteiger partial charge on any atom is 0.342 e. The van der Waals surface area contributed by atoms with Crippen LogP contribution in [0, 0.1) is 22.7 Å². The predicted molar refractivity (Wildman–Crippen MR) is 115 cm³/mol. The molecule has 166 valence electrons. The summed E-state index contributed by atoms with van der Waals surface area (Å²) in [7, 11) is 0. The van der Waals surface area contributed by atoms with Crippen LogP contribution in [-0.2, 0) is 19.1 Å². The van der Waals surface area contributed by atoms with Crippen molar-refractivity contribution in [3.63, 3.8) is 0 Å². The molecule has 0 spiro atoms. The number of aliphatic hydroxyl groups is 1. The van der Waals surface area contributed by atoms with Crippen LogP contribution in [0.1, 0.15) is 72.1 Å². The van der Waals surface area contributed by atoms with E-state index < -0.39 is 11.5 Å². The van der Waals surface area contributed by atoms with Crippen LogP contribution in [0.3, 0.4) is 0 Å². The number of hydrogen-bond acceptors (Lipinski definition) is 5. The number of hydrogen-bond donors (Lipinski definition) is 1. The molecule has 5 nitrogen and oxygen atoms in total. The predicted octanol–water partition coefficient (Wildman–Crippen LogP) is 4.86. The van der Waals surface area contributed by atoms with Gasteiger partial charge in [0.2, 0.25) is 0 Å². The quantitative estimate of drug-likeness (QED) is 0.365. The van der Waals surface area contributed by atoms with Gasteiger partial charge in [-0.25, -0.2) is 4.79 Å². The standard InChI is InChI=1S/C25H36O5/c1-5-6-7-22(27)30-16-25(4)20-11-8-17(2)19(24(20,3)14-12-21(25)26)10-9-18-13-15-29-23(18)28/h9,13,15,19-21,26H,2,5-8,10-12,14,16H2,1,3-4H3/b18-9+/t19-,20?,21-,24+,25+/m1/s1. The van der Waals surface area contributed by atoms with E-state index in [0.29, 0.717) is 18.4 Å². The molecule has 0 radical (unpaired) electrons. The Kier molecular flexibility index (Phi) is 6.91. The van der Waals surface area contributed by atoms with E-state index >= 15 is 0 Å². The number of fused-ring (bicyclic) bond motifs is 1. The number of carbonyl (C=O) groups is 2. The van der Waals surface area contributed by atoms with Gasteiger partial charge in [0.15, 0.2) is 0 Å². The van der Waals surface area contributed by atoms with E-state index in [2.05, 4.69) is 27.4 Å². The maximum absolute atomic E-state index is 12.2. The zero-order valence-corrected chi connectivity index (χ0v) is 18.6. The summed E-state index contributed by atoms with van der Waals surface area (Å²) in [6.45, 7) is 11.0. The average molecular weight is 417 g/mol. The molecule has 3 rings (SSSR count). The third-order valence-corrected chi connectivity index (χ3v) is 7.86. The van der Waals surface area contributed by atoms with Crippen molar-refractivity contribution in [2.24, 2.45) is 22.7 Å². The van der Waals surface area contributed by atoms with Gasteiger partial charge < -0.3 is 14.6 Å². The lowest BCUT2D eigenvalue weighted by Crippen LogP contribution is -2.57. The van der Waals surface area contributed by atoms with Gasteiger partial charge in [-0.3, -0.25) is 4.79 Å². The first-order valence-corrected chi connectivity index (χ1v) is 11.3. The molecular formula is C25H36O5. The number of rotatable bonds is 7. The van der Waals surface area contributed by atoms with Gasteiger partial charge >= 0.3 is 11.9 Å². The molecule has 30 heavy (non-hydrogen) atoms. The van der Waals surface area contributed by atoms with Crippen molar-refractivity contribution >= 4 is 11.9 Å². The van der Waals surface area contributed by atoms with Crippen molar-refractivity contribution in [1.29, 1.82) is 0 Å². The molecule has 1 aliphatic heterocycles. The van der Waals surface area contributed by atoms with Gasteiger partial charge in [0, 0.05) is 11.8 Å². The molecular weight excluding hydrogens is 380 g/mol. The van der Waals surface area contributed by atoms with Crippen molar-refractivity contribution in [3.05, 3.63) is 36.1 Å². The lowest BCUT2D eigenvalue weighted by atomic mass is 9.46. The molecule has 5 heteroatoms. The molecule has 2 fully saturated rings. The Labute approximate surface area is 180 Å². The molecule has 0 bridgehead atoms. The maximum atomic E-state index is 12.2. The first-order chi connectivity index (χ1) is 14.2. The van der Waals surface area contributed by atoms with E-state index in [4.69, 9.17) is 9.47 Å². The Bertz CT molecular complexity index is 751. The third kappa shape index (κ3) is 4.27. The molecule has 1 N–H and O–H groups in total. The Hall–Kier alpha value is -1.88. The first kappa shape index (κ1) is 22.8. The third-order valence-electron chi connectivity index (χ3n) is 7.86. The molecule has 0 amide bonds. The Balaban J connectivity index is 1.80. The fourth-order valence-corrected chi connectivity index (χ4v) is 5.95. The van der Waals surface area contributed by atoms with E-state index in [-0.39, 0.29) is 35.8 Å². The zero-order valence-electron chi connectivity index (χ0n) is 18.6. The fraction of sp³-hybridized carbons (Fsp3) is 0.680. The van der Waals surface area contributed by atoms with Crippen molar-refractivity contribution < 1.29 is 24.2 Å². The summed E-state index contributed by atoms with van der Waals surface area (Å²) in [5, 5.41) is 11.0. The summed E-state index contributed by atoms with van der Waals surface area (Å²) in [6, 6.07) is 0. The summed E-state index contributed by atoms with van der Waals surface area (Å²) in [6.07, 6.45) is 10.9. The normalized spacial score (nSPS) is 37.2. The number of aliphatic hydroxyl groups excluding tert-OH is 1. The van der Waals surface area contributed by atoms with Crippen LogP contribution >= 0.6 is 0 Å². The minimum atomic E-state index is -0.493. The van der Waals surface area contributed by atoms with E-state index in [0.717, 1.165) is 38.5 Å². The second kappa shape index (κ2) is 9.09. The van der Waals surface area contributed by atoms with E-state index in [9.17, 15) is 14.7 Å². The second-order valence-electron chi connectivity index (χ2n) is 9.74. The Morgan fingerprint density at radius 1 is 1.40 bits per heavy atom. The van der Waals surface area contributed by atoms with Crippen LogP contribution in [-0.4, -0.2) is 29.8 Å². The van der Waals surface area contributed by atoms with Crippen LogP contribution in [0.2, 0.25) is 0 Å². The summed E-state index contributed by atoms with van der Waals surface area (Å²) in [4.78, 5) is 24.0. The lowest BCUT2D eigenvalue weighted by molar-refractivity contribution is -0.174. The van der Waals surface area contributed by atoms with Crippen molar-refractivity contribution in [2.75, 3.05) is 6.61 Å². The summed E-state index contributed by atoms with van der Waals surface area (Å²) < 4.78 is 10.6. The molecule has 5 atom stereocenters. The molecule has 2 aliphatic carbocycles. The highest BCUT2D eigenvalue weighted by atomic mass is 16.5. The smallest absolute Gasteiger partial charge is 0.342 e. The monoisotopic (exact) mass is 416 g/mol. The highest BCUT2D eigenvalue weighted by Crippen LogP contribution is 2.61. The van der Waals surface area contributed by atoms with Gasteiger partial charge in [0.25, 0.3) is 0 Å². The number of ether oxygens (including phenoxy) is 2. The number of cyclic esters (lactones) is 1. The van der Waals surface area contributed by atoms with Crippen LogP contribution < -0.4 is 0 Å². The number of unbranched alkanes of at least 4 members (excludes halogenated alkanes) is 1. The van der Waals surface area contributed by atoms with Crippen LogP contribution in [0.5, 0.6) is 0 Å². The van der Waals surface area contributed by atoms with Gasteiger partial charge in [-0.15, -0.1) is 0 Å². The number of esters is 2. The minimum absolute atomic E-state index is 0.0670. The number of allylic oxidation sites excluding steroid dienone is 2. The lowest BCUT2D eigenvalue weighted by Gasteiger charge is -2.60. The molecule has 3 aliphatic rings. The molecule has 2 saturated carbocycles. The topological polar surface area (TPSA) is 72.8 Å². The van der Waals surface area contributed by atoms with Crippen molar-refractivity contribution in [1.82, 2.24) is 0 Å². The largest absolute Gasteiger partial charge is 0.465 e. The Morgan fingerprint density at radius 2 is 2.17 bits per heavy atom. The first-order valence-electron chi connectivity index (χ1n) is 11.3. The average Bonchev–Trinajstić information content (AvgIpc) is 3.12. The van der Waals surface area contributed by atoms with E-state index in [1.165, 1.54) is 11.8 Å². The zero-order chi connectivity index (χ0) is 21.9. The van der Waals surface area contributed by atoms with Gasteiger partial charge in [0.1, 0.15) is 0 Å². The minimum Gasteiger partial charge on any atom is -0.465 e. The summed E-state index contributed by atoms with van der Waals surface area (Å²) in [5.41, 5.74) is 1.26. The highest BCUT2D eigenvalue weighted by molar-refractivity contribution is 5.94. The van der Waals surface area contributed by atoms with Crippen LogP contribution in [0.4, 0.5) is 0 Å². The van der Waals surface area contributed by atoms with Crippen LogP contribution in [0.15, 0.2) is 36.1 Å². The summed E-state index contributed by atoms with van der Waals surface area (Å²) in [5.74, 6) is -0.0486. The fourth-order valence-electron chi connectivity index (χ4n) is 5.95. The van der Waals surface area contributed by atoms with Crippen molar-refractivity contribution in [3.8, 4) is 0 Å². The van der Waals surface area contributed by atoms with Gasteiger partial charge in [-0.2, -0.15) is 0 Å². The van der Waals surface area contributed by atoms with Crippen molar-refractivity contribution in [2.45, 2.75) is 78.2 Å². The SMILES string of the molecule is C=C1CCC2[C@](C)(COC(=O)CCCC)[C@H](O)CC[C@@]2(C)[C@@H]1C/C=C1\C=COC1=O. The number of carbonyl (C=O) groups excluding carboxylic acids is 2. The molecule has 1 unspecified atom stereocenters. The van der Waals surface area contributed by atoms with E-state index in [1.54, 1.807) is 6.08 Å².